The third-order valence-corrected chi connectivity index (χ3v) is 3.63. The van der Waals surface area contributed by atoms with Gasteiger partial charge in [-0.05, 0) is 30.0 Å². The summed E-state index contributed by atoms with van der Waals surface area (Å²) in [6.45, 7) is 3.88. The first-order valence-electron chi connectivity index (χ1n) is 6.04. The van der Waals surface area contributed by atoms with E-state index in [4.69, 9.17) is 4.42 Å². The van der Waals surface area contributed by atoms with Crippen LogP contribution in [0.15, 0.2) is 28.9 Å². The molecule has 3 rings (SSSR count). The van der Waals surface area contributed by atoms with Gasteiger partial charge in [0.05, 0.1) is 6.26 Å². The summed E-state index contributed by atoms with van der Waals surface area (Å²) in [7, 11) is 0. The van der Waals surface area contributed by atoms with Gasteiger partial charge in [0.2, 0.25) is 5.91 Å². The number of likely N-dealkylation sites (tertiary alicyclic amines) is 1. The SMILES string of the molecule is O=C(C=Cc1ccco1)N1CC2CNCC2C1. The molecule has 0 radical (unpaired) electrons. The lowest BCUT2D eigenvalue weighted by atomic mass is 10.0. The molecule has 2 atom stereocenters. The minimum atomic E-state index is 0.0933. The first-order valence-corrected chi connectivity index (χ1v) is 6.04. The number of amides is 1. The zero-order chi connectivity index (χ0) is 11.7. The molecular formula is C13H16N2O2. The molecule has 0 aromatic carbocycles. The summed E-state index contributed by atoms with van der Waals surface area (Å²) in [5, 5.41) is 3.37. The Bertz CT molecular complexity index is 413. The molecule has 4 nitrogen and oxygen atoms in total. The molecule has 2 saturated heterocycles. The Hall–Kier alpha value is -1.55. The van der Waals surface area contributed by atoms with Crippen molar-refractivity contribution in [3.05, 3.63) is 30.2 Å². The maximum absolute atomic E-state index is 11.9. The largest absolute Gasteiger partial charge is 0.465 e. The Morgan fingerprint density at radius 2 is 2.18 bits per heavy atom. The van der Waals surface area contributed by atoms with Crippen molar-refractivity contribution < 1.29 is 9.21 Å². The Kier molecular flexibility index (Phi) is 2.73. The van der Waals surface area contributed by atoms with Crippen LogP contribution in [0.25, 0.3) is 6.08 Å². The van der Waals surface area contributed by atoms with Gasteiger partial charge in [0.25, 0.3) is 0 Å². The van der Waals surface area contributed by atoms with Gasteiger partial charge in [-0.2, -0.15) is 0 Å². The molecule has 3 heterocycles. The predicted molar refractivity (Wildman–Crippen MR) is 64.2 cm³/mol. The van der Waals surface area contributed by atoms with Gasteiger partial charge in [-0.15, -0.1) is 0 Å². The molecular weight excluding hydrogens is 216 g/mol. The zero-order valence-electron chi connectivity index (χ0n) is 9.63. The number of rotatable bonds is 2. The minimum absolute atomic E-state index is 0.0933. The van der Waals surface area contributed by atoms with Crippen LogP contribution in [0.1, 0.15) is 5.76 Å². The number of nitrogens with one attached hydrogen (secondary N) is 1. The van der Waals surface area contributed by atoms with Crippen LogP contribution in [-0.2, 0) is 4.79 Å². The van der Waals surface area contributed by atoms with Crippen molar-refractivity contribution in [3.8, 4) is 0 Å². The van der Waals surface area contributed by atoms with Crippen molar-refractivity contribution in [2.24, 2.45) is 11.8 Å². The van der Waals surface area contributed by atoms with Crippen molar-refractivity contribution in [3.63, 3.8) is 0 Å². The fourth-order valence-corrected chi connectivity index (χ4v) is 2.68. The van der Waals surface area contributed by atoms with Gasteiger partial charge in [-0.3, -0.25) is 4.79 Å². The molecule has 0 spiro atoms. The molecule has 2 unspecified atom stereocenters. The summed E-state index contributed by atoms with van der Waals surface area (Å²) in [5.74, 6) is 2.11. The second-order valence-corrected chi connectivity index (χ2v) is 4.77. The van der Waals surface area contributed by atoms with E-state index >= 15 is 0 Å². The number of carbonyl (C=O) groups excluding carboxylic acids is 1. The first-order chi connectivity index (χ1) is 8.33. The van der Waals surface area contributed by atoms with E-state index in [2.05, 4.69) is 5.32 Å². The molecule has 2 aliphatic heterocycles. The smallest absolute Gasteiger partial charge is 0.246 e. The maximum Gasteiger partial charge on any atom is 0.246 e. The molecule has 1 aromatic heterocycles. The highest BCUT2D eigenvalue weighted by Gasteiger charge is 2.37. The highest BCUT2D eigenvalue weighted by Crippen LogP contribution is 2.26. The fraction of sp³-hybridized carbons (Fsp3) is 0.462. The van der Waals surface area contributed by atoms with E-state index in [1.165, 1.54) is 0 Å². The molecule has 1 amide bonds. The van der Waals surface area contributed by atoms with Crippen molar-refractivity contribution in [1.29, 1.82) is 0 Å². The lowest BCUT2D eigenvalue weighted by Gasteiger charge is -2.14. The third kappa shape index (κ3) is 2.13. The van der Waals surface area contributed by atoms with Crippen molar-refractivity contribution in [2.75, 3.05) is 26.2 Å². The molecule has 90 valence electrons. The number of carbonyl (C=O) groups is 1. The van der Waals surface area contributed by atoms with Crippen LogP contribution in [0.5, 0.6) is 0 Å². The Balaban J connectivity index is 1.60. The highest BCUT2D eigenvalue weighted by molar-refractivity contribution is 5.91. The van der Waals surface area contributed by atoms with Crippen LogP contribution in [0.4, 0.5) is 0 Å². The molecule has 0 aliphatic carbocycles. The van der Waals surface area contributed by atoms with Crippen LogP contribution in [-0.4, -0.2) is 37.0 Å². The van der Waals surface area contributed by atoms with E-state index in [9.17, 15) is 4.79 Å². The van der Waals surface area contributed by atoms with Gasteiger partial charge in [-0.1, -0.05) is 0 Å². The van der Waals surface area contributed by atoms with E-state index < -0.39 is 0 Å². The van der Waals surface area contributed by atoms with Crippen LogP contribution < -0.4 is 5.32 Å². The van der Waals surface area contributed by atoms with E-state index in [-0.39, 0.29) is 5.91 Å². The summed E-state index contributed by atoms with van der Waals surface area (Å²) < 4.78 is 5.15. The quantitative estimate of drug-likeness (QED) is 0.773. The van der Waals surface area contributed by atoms with Gasteiger partial charge >= 0.3 is 0 Å². The van der Waals surface area contributed by atoms with Gasteiger partial charge in [-0.25, -0.2) is 0 Å². The van der Waals surface area contributed by atoms with Crippen LogP contribution in [0.3, 0.4) is 0 Å². The number of hydrogen-bond donors (Lipinski definition) is 1. The molecule has 4 heteroatoms. The number of nitrogens with zero attached hydrogens (tertiary/aromatic N) is 1. The Labute approximate surface area is 100 Å². The van der Waals surface area contributed by atoms with Gasteiger partial charge in [0.15, 0.2) is 0 Å². The summed E-state index contributed by atoms with van der Waals surface area (Å²) in [6.07, 6.45) is 4.94. The fourth-order valence-electron chi connectivity index (χ4n) is 2.68. The molecule has 1 aromatic rings. The molecule has 2 fully saturated rings. The average Bonchev–Trinajstić information content (AvgIpc) is 3.01. The first kappa shape index (κ1) is 10.6. The Morgan fingerprint density at radius 1 is 1.41 bits per heavy atom. The topological polar surface area (TPSA) is 45.5 Å². The molecule has 1 N–H and O–H groups in total. The normalized spacial score (nSPS) is 27.9. The van der Waals surface area contributed by atoms with Gasteiger partial charge < -0.3 is 14.6 Å². The zero-order valence-corrected chi connectivity index (χ0v) is 9.63. The number of fused-ring (bicyclic) bond motifs is 1. The summed E-state index contributed by atoms with van der Waals surface area (Å²) >= 11 is 0. The predicted octanol–water partition coefficient (Wildman–Crippen LogP) is 0.971. The lowest BCUT2D eigenvalue weighted by Crippen LogP contribution is -2.30. The molecule has 2 aliphatic rings. The molecule has 0 saturated carbocycles. The molecule has 17 heavy (non-hydrogen) atoms. The van der Waals surface area contributed by atoms with E-state index in [1.54, 1.807) is 18.4 Å². The van der Waals surface area contributed by atoms with Crippen molar-refractivity contribution in [2.45, 2.75) is 0 Å². The standard InChI is InChI=1S/C13H16N2O2/c16-13(4-3-12-2-1-5-17-12)15-8-10-6-14-7-11(10)9-15/h1-5,10-11,14H,6-9H2. The number of furan rings is 1. The summed E-state index contributed by atoms with van der Waals surface area (Å²) in [6, 6.07) is 3.66. The van der Waals surface area contributed by atoms with Gasteiger partial charge in [0.1, 0.15) is 5.76 Å². The van der Waals surface area contributed by atoms with Crippen molar-refractivity contribution in [1.82, 2.24) is 10.2 Å². The maximum atomic E-state index is 11.9. The number of hydrogen-bond acceptors (Lipinski definition) is 3. The summed E-state index contributed by atoms with van der Waals surface area (Å²) in [4.78, 5) is 13.9. The minimum Gasteiger partial charge on any atom is -0.465 e. The van der Waals surface area contributed by atoms with Crippen molar-refractivity contribution >= 4 is 12.0 Å². The Morgan fingerprint density at radius 3 is 2.82 bits per heavy atom. The highest BCUT2D eigenvalue weighted by atomic mass is 16.3. The monoisotopic (exact) mass is 232 g/mol. The van der Waals surface area contributed by atoms with E-state index in [0.717, 1.165) is 31.9 Å². The third-order valence-electron chi connectivity index (χ3n) is 3.63. The average molecular weight is 232 g/mol. The van der Waals surface area contributed by atoms with Crippen LogP contribution in [0, 0.1) is 11.8 Å². The second-order valence-electron chi connectivity index (χ2n) is 4.77. The van der Waals surface area contributed by atoms with Gasteiger partial charge in [0, 0.05) is 32.3 Å². The second kappa shape index (κ2) is 4.37. The molecule has 0 bridgehead atoms. The lowest BCUT2D eigenvalue weighted by molar-refractivity contribution is -0.125. The van der Waals surface area contributed by atoms with Crippen LogP contribution in [0.2, 0.25) is 0 Å². The van der Waals surface area contributed by atoms with E-state index in [0.29, 0.717) is 11.8 Å². The van der Waals surface area contributed by atoms with Crippen LogP contribution >= 0.6 is 0 Å². The summed E-state index contributed by atoms with van der Waals surface area (Å²) in [5.41, 5.74) is 0. The van der Waals surface area contributed by atoms with E-state index in [1.807, 2.05) is 17.0 Å².